The second-order valence-electron chi connectivity index (χ2n) is 6.64. The summed E-state index contributed by atoms with van der Waals surface area (Å²) < 4.78 is 32.3. The van der Waals surface area contributed by atoms with Crippen molar-refractivity contribution in [2.45, 2.75) is 23.6 Å². The summed E-state index contributed by atoms with van der Waals surface area (Å²) in [6.45, 7) is 5.32. The van der Waals surface area contributed by atoms with E-state index in [4.69, 9.17) is 4.74 Å². The Labute approximate surface area is 170 Å². The zero-order valence-corrected chi connectivity index (χ0v) is 17.6. The van der Waals surface area contributed by atoms with Crippen molar-refractivity contribution < 1.29 is 17.9 Å². The fourth-order valence-electron chi connectivity index (χ4n) is 2.80. The van der Waals surface area contributed by atoms with Crippen LogP contribution in [0.1, 0.15) is 11.1 Å². The predicted octanol–water partition coefficient (Wildman–Crippen LogP) is 3.06. The number of benzene rings is 2. The van der Waals surface area contributed by atoms with E-state index in [0.717, 1.165) is 10.5 Å². The Hall–Kier alpha value is -1.87. The summed E-state index contributed by atoms with van der Waals surface area (Å²) in [5, 5.41) is 2.84. The summed E-state index contributed by atoms with van der Waals surface area (Å²) in [5.74, 6) is 0.0812. The molecule has 1 amide bonds. The molecule has 2 aromatic carbocycles. The van der Waals surface area contributed by atoms with Gasteiger partial charge in [0, 0.05) is 23.7 Å². The number of ether oxygens (including phenoxy) is 1. The molecule has 0 saturated carbocycles. The van der Waals surface area contributed by atoms with Gasteiger partial charge in [-0.3, -0.25) is 4.79 Å². The molecule has 150 valence electrons. The average Bonchev–Trinajstić information content (AvgIpc) is 2.70. The number of carbonyl (C=O) groups is 1. The van der Waals surface area contributed by atoms with Crippen LogP contribution >= 0.6 is 11.8 Å². The normalized spacial score (nSPS) is 15.4. The van der Waals surface area contributed by atoms with E-state index in [9.17, 15) is 13.2 Å². The minimum Gasteiger partial charge on any atom is -0.379 e. The zero-order valence-electron chi connectivity index (χ0n) is 16.0. The highest BCUT2D eigenvalue weighted by molar-refractivity contribution is 8.00. The number of aryl methyl sites for hydroxylation is 2. The van der Waals surface area contributed by atoms with Crippen molar-refractivity contribution in [1.29, 1.82) is 0 Å². The van der Waals surface area contributed by atoms with Crippen LogP contribution in [0.4, 0.5) is 5.69 Å². The van der Waals surface area contributed by atoms with E-state index in [-0.39, 0.29) is 16.6 Å². The Balaban J connectivity index is 1.68. The predicted molar refractivity (Wildman–Crippen MR) is 111 cm³/mol. The number of hydrogen-bond donors (Lipinski definition) is 1. The molecule has 0 unspecified atom stereocenters. The first kappa shape index (κ1) is 20.9. The topological polar surface area (TPSA) is 75.7 Å². The highest BCUT2D eigenvalue weighted by Crippen LogP contribution is 2.24. The lowest BCUT2D eigenvalue weighted by atomic mass is 10.2. The van der Waals surface area contributed by atoms with Crippen LogP contribution in [-0.2, 0) is 19.6 Å². The number of hydrogen-bond acceptors (Lipinski definition) is 5. The largest absolute Gasteiger partial charge is 0.379 e. The number of anilines is 1. The molecule has 0 aliphatic carbocycles. The molecule has 2 aromatic rings. The van der Waals surface area contributed by atoms with E-state index >= 15 is 0 Å². The Kier molecular flexibility index (Phi) is 6.77. The molecule has 6 nitrogen and oxygen atoms in total. The van der Waals surface area contributed by atoms with Crippen molar-refractivity contribution >= 4 is 33.4 Å². The van der Waals surface area contributed by atoms with Gasteiger partial charge in [-0.15, -0.1) is 11.8 Å². The van der Waals surface area contributed by atoms with E-state index in [0.29, 0.717) is 32.0 Å². The van der Waals surface area contributed by atoms with Crippen LogP contribution < -0.4 is 5.32 Å². The first-order chi connectivity index (χ1) is 13.4. The number of nitrogens with one attached hydrogen (secondary N) is 1. The van der Waals surface area contributed by atoms with Gasteiger partial charge in [-0.05, 0) is 43.7 Å². The molecule has 1 heterocycles. The van der Waals surface area contributed by atoms with Crippen LogP contribution in [0.2, 0.25) is 0 Å². The van der Waals surface area contributed by atoms with Crippen LogP contribution in [-0.4, -0.2) is 50.7 Å². The summed E-state index contributed by atoms with van der Waals surface area (Å²) in [7, 11) is -3.60. The summed E-state index contributed by atoms with van der Waals surface area (Å²) in [4.78, 5) is 13.6. The SMILES string of the molecule is Cc1ccc(SCC(=O)Nc2cc(S(=O)(=O)N3CCOCC3)ccc2C)cc1. The maximum atomic E-state index is 12.8. The molecule has 1 fully saturated rings. The zero-order chi connectivity index (χ0) is 20.1. The quantitative estimate of drug-likeness (QED) is 0.727. The third kappa shape index (κ3) is 5.14. The van der Waals surface area contributed by atoms with Crippen LogP contribution in [0, 0.1) is 13.8 Å². The molecule has 0 atom stereocenters. The van der Waals surface area contributed by atoms with Crippen LogP contribution in [0.5, 0.6) is 0 Å². The number of amides is 1. The van der Waals surface area contributed by atoms with Crippen molar-refractivity contribution in [1.82, 2.24) is 4.31 Å². The van der Waals surface area contributed by atoms with E-state index < -0.39 is 10.0 Å². The van der Waals surface area contributed by atoms with Crippen molar-refractivity contribution in [2.24, 2.45) is 0 Å². The fourth-order valence-corrected chi connectivity index (χ4v) is 4.94. The van der Waals surface area contributed by atoms with Gasteiger partial charge in [0.05, 0.1) is 23.9 Å². The lowest BCUT2D eigenvalue weighted by Crippen LogP contribution is -2.40. The Bertz CT molecular complexity index is 937. The molecular formula is C20H24N2O4S2. The third-order valence-corrected chi connectivity index (χ3v) is 7.39. The molecule has 1 N–H and O–H groups in total. The number of nitrogens with zero attached hydrogens (tertiary/aromatic N) is 1. The molecule has 28 heavy (non-hydrogen) atoms. The fraction of sp³-hybridized carbons (Fsp3) is 0.350. The van der Waals surface area contributed by atoms with Gasteiger partial charge in [0.25, 0.3) is 0 Å². The highest BCUT2D eigenvalue weighted by Gasteiger charge is 2.26. The summed E-state index contributed by atoms with van der Waals surface area (Å²) in [5.41, 5.74) is 2.50. The monoisotopic (exact) mass is 420 g/mol. The minimum absolute atomic E-state index is 0.172. The van der Waals surface area contributed by atoms with Gasteiger partial charge in [0.2, 0.25) is 15.9 Å². The lowest BCUT2D eigenvalue weighted by Gasteiger charge is -2.26. The molecular weight excluding hydrogens is 396 g/mol. The summed E-state index contributed by atoms with van der Waals surface area (Å²) >= 11 is 1.44. The van der Waals surface area contributed by atoms with Gasteiger partial charge >= 0.3 is 0 Å². The van der Waals surface area contributed by atoms with Crippen LogP contribution in [0.15, 0.2) is 52.3 Å². The van der Waals surface area contributed by atoms with E-state index in [1.54, 1.807) is 12.1 Å². The van der Waals surface area contributed by atoms with Gasteiger partial charge in [-0.1, -0.05) is 23.8 Å². The Morgan fingerprint density at radius 3 is 2.46 bits per heavy atom. The van der Waals surface area contributed by atoms with Crippen LogP contribution in [0.25, 0.3) is 0 Å². The van der Waals surface area contributed by atoms with Gasteiger partial charge in [-0.25, -0.2) is 8.42 Å². The first-order valence-electron chi connectivity index (χ1n) is 9.04. The lowest BCUT2D eigenvalue weighted by molar-refractivity contribution is -0.113. The number of morpholine rings is 1. The number of carbonyl (C=O) groups excluding carboxylic acids is 1. The van der Waals surface area contributed by atoms with Crippen molar-refractivity contribution in [3.63, 3.8) is 0 Å². The maximum Gasteiger partial charge on any atom is 0.243 e. The van der Waals surface area contributed by atoms with Gasteiger partial charge < -0.3 is 10.1 Å². The smallest absolute Gasteiger partial charge is 0.243 e. The number of thioether (sulfide) groups is 1. The second-order valence-corrected chi connectivity index (χ2v) is 9.63. The van der Waals surface area contributed by atoms with E-state index in [1.165, 1.54) is 27.7 Å². The molecule has 0 aromatic heterocycles. The van der Waals surface area contributed by atoms with Crippen molar-refractivity contribution in [3.8, 4) is 0 Å². The second kappa shape index (κ2) is 9.09. The third-order valence-electron chi connectivity index (χ3n) is 4.48. The van der Waals surface area contributed by atoms with Crippen LogP contribution in [0.3, 0.4) is 0 Å². The molecule has 0 radical (unpaired) electrons. The molecule has 1 saturated heterocycles. The molecule has 1 aliphatic heterocycles. The van der Waals surface area contributed by atoms with Gasteiger partial charge in [-0.2, -0.15) is 4.31 Å². The highest BCUT2D eigenvalue weighted by atomic mass is 32.2. The Morgan fingerprint density at radius 2 is 1.79 bits per heavy atom. The summed E-state index contributed by atoms with van der Waals surface area (Å²) in [6, 6.07) is 12.8. The average molecular weight is 421 g/mol. The minimum atomic E-state index is -3.60. The molecule has 0 spiro atoms. The van der Waals surface area contributed by atoms with Gasteiger partial charge in [0.15, 0.2) is 0 Å². The molecule has 8 heteroatoms. The maximum absolute atomic E-state index is 12.8. The number of sulfonamides is 1. The summed E-state index contributed by atoms with van der Waals surface area (Å²) in [6.07, 6.45) is 0. The molecule has 0 bridgehead atoms. The molecule has 3 rings (SSSR count). The number of rotatable bonds is 6. The van der Waals surface area contributed by atoms with E-state index in [1.807, 2.05) is 38.1 Å². The van der Waals surface area contributed by atoms with E-state index in [2.05, 4.69) is 5.32 Å². The van der Waals surface area contributed by atoms with Gasteiger partial charge in [0.1, 0.15) is 0 Å². The standard InChI is InChI=1S/C20H24N2O4S2/c1-15-3-6-17(7-4-15)27-14-20(23)21-19-13-18(8-5-16(19)2)28(24,25)22-9-11-26-12-10-22/h3-8,13H,9-12,14H2,1-2H3,(H,21,23). The van der Waals surface area contributed by atoms with Crippen molar-refractivity contribution in [2.75, 3.05) is 37.4 Å². The van der Waals surface area contributed by atoms with Crippen molar-refractivity contribution in [3.05, 3.63) is 53.6 Å². The first-order valence-corrected chi connectivity index (χ1v) is 11.5. The molecule has 1 aliphatic rings. The Morgan fingerprint density at radius 1 is 1.11 bits per heavy atom.